The lowest BCUT2D eigenvalue weighted by atomic mass is 10.2. The van der Waals surface area contributed by atoms with Gasteiger partial charge in [0.05, 0.1) is 6.10 Å². The molecule has 1 aromatic rings. The number of nitrogens with one attached hydrogen (secondary N) is 1. The Morgan fingerprint density at radius 3 is 2.94 bits per heavy atom. The Morgan fingerprint density at radius 2 is 2.29 bits per heavy atom. The van der Waals surface area contributed by atoms with Crippen molar-refractivity contribution < 1.29 is 4.74 Å². The minimum atomic E-state index is 0.196. The zero-order valence-corrected chi connectivity index (χ0v) is 11.7. The summed E-state index contributed by atoms with van der Waals surface area (Å²) in [7, 11) is 0. The molecule has 0 radical (unpaired) electrons. The average molecular weight is 256 g/mol. The molecular weight excluding hydrogens is 232 g/mol. The molecule has 0 saturated heterocycles. The summed E-state index contributed by atoms with van der Waals surface area (Å²) >= 11 is 1.83. The number of rotatable bonds is 9. The zero-order chi connectivity index (χ0) is 12.5. The quantitative estimate of drug-likeness (QED) is 0.666. The third kappa shape index (κ3) is 5.17. The molecule has 0 spiro atoms. The van der Waals surface area contributed by atoms with Crippen LogP contribution >= 0.6 is 11.3 Å². The number of aryl methyl sites for hydroxylation is 1. The number of ether oxygens (including phenoxy) is 1. The molecule has 1 unspecified atom stereocenters. The molecule has 0 aliphatic heterocycles. The van der Waals surface area contributed by atoms with Gasteiger partial charge in [0.25, 0.3) is 0 Å². The normalized spacial score (nSPS) is 12.9. The molecule has 0 aromatic carbocycles. The second-order valence-electron chi connectivity index (χ2n) is 4.00. The number of hydrogen-bond acceptors (Lipinski definition) is 4. The highest BCUT2D eigenvalue weighted by molar-refractivity contribution is 7.10. The smallest absolute Gasteiger partial charge is 0.0709 e. The van der Waals surface area contributed by atoms with Crippen LogP contribution in [0.4, 0.5) is 0 Å². The van der Waals surface area contributed by atoms with E-state index in [4.69, 9.17) is 10.5 Å². The van der Waals surface area contributed by atoms with E-state index in [1.165, 1.54) is 10.4 Å². The summed E-state index contributed by atoms with van der Waals surface area (Å²) in [4.78, 5) is 1.45. The molecule has 1 atom stereocenters. The predicted octanol–water partition coefficient (Wildman–Crippen LogP) is 2.15. The molecule has 0 amide bonds. The summed E-state index contributed by atoms with van der Waals surface area (Å²) in [5, 5.41) is 5.63. The van der Waals surface area contributed by atoms with Crippen molar-refractivity contribution in [2.24, 2.45) is 5.73 Å². The minimum Gasteiger partial charge on any atom is -0.377 e. The number of hydrogen-bond donors (Lipinski definition) is 2. The van der Waals surface area contributed by atoms with E-state index in [1.54, 1.807) is 0 Å². The molecule has 0 aliphatic carbocycles. The Hall–Kier alpha value is -0.420. The first-order valence-corrected chi connectivity index (χ1v) is 7.27. The van der Waals surface area contributed by atoms with Gasteiger partial charge in [-0.1, -0.05) is 6.92 Å². The van der Waals surface area contributed by atoms with E-state index in [0.717, 1.165) is 32.5 Å². The standard InChI is InChI=1S/C13H24N2OS/c1-3-11-6-8-17-13(11)10-15-7-5-12(9-14)16-4-2/h6,8,12,15H,3-5,7,9-10,14H2,1-2H3. The van der Waals surface area contributed by atoms with Gasteiger partial charge in [0.2, 0.25) is 0 Å². The molecule has 3 nitrogen and oxygen atoms in total. The highest BCUT2D eigenvalue weighted by Gasteiger charge is 2.06. The summed E-state index contributed by atoms with van der Waals surface area (Å²) < 4.78 is 5.51. The van der Waals surface area contributed by atoms with Crippen LogP contribution in [0.2, 0.25) is 0 Å². The van der Waals surface area contributed by atoms with Crippen LogP contribution in [-0.2, 0) is 17.7 Å². The van der Waals surface area contributed by atoms with Crippen molar-refractivity contribution in [2.45, 2.75) is 39.3 Å². The summed E-state index contributed by atoms with van der Waals surface area (Å²) in [6.45, 7) is 7.48. The van der Waals surface area contributed by atoms with Crippen molar-refractivity contribution >= 4 is 11.3 Å². The lowest BCUT2D eigenvalue weighted by Gasteiger charge is -2.14. The number of thiophene rings is 1. The largest absolute Gasteiger partial charge is 0.377 e. The van der Waals surface area contributed by atoms with E-state index in [-0.39, 0.29) is 6.10 Å². The molecule has 1 rings (SSSR count). The highest BCUT2D eigenvalue weighted by atomic mass is 32.1. The van der Waals surface area contributed by atoms with Crippen molar-refractivity contribution in [3.63, 3.8) is 0 Å². The van der Waals surface area contributed by atoms with Gasteiger partial charge in [0.1, 0.15) is 0 Å². The fourth-order valence-electron chi connectivity index (χ4n) is 1.81. The second-order valence-corrected chi connectivity index (χ2v) is 5.00. The summed E-state index contributed by atoms with van der Waals surface area (Å²) in [6, 6.07) is 2.21. The molecule has 4 heteroatoms. The Balaban J connectivity index is 2.19. The van der Waals surface area contributed by atoms with Crippen LogP contribution in [0.25, 0.3) is 0 Å². The van der Waals surface area contributed by atoms with Crippen molar-refractivity contribution in [1.82, 2.24) is 5.32 Å². The summed E-state index contributed by atoms with van der Waals surface area (Å²) in [5.74, 6) is 0. The maximum absolute atomic E-state index is 5.63. The highest BCUT2D eigenvalue weighted by Crippen LogP contribution is 2.16. The van der Waals surface area contributed by atoms with Gasteiger partial charge in [0, 0.05) is 24.6 Å². The van der Waals surface area contributed by atoms with E-state index < -0.39 is 0 Å². The van der Waals surface area contributed by atoms with Gasteiger partial charge in [-0.2, -0.15) is 0 Å². The van der Waals surface area contributed by atoms with Gasteiger partial charge in [0.15, 0.2) is 0 Å². The van der Waals surface area contributed by atoms with Crippen molar-refractivity contribution in [1.29, 1.82) is 0 Å². The third-order valence-corrected chi connectivity index (χ3v) is 3.78. The topological polar surface area (TPSA) is 47.3 Å². The fraction of sp³-hybridized carbons (Fsp3) is 0.692. The first-order valence-electron chi connectivity index (χ1n) is 6.39. The van der Waals surface area contributed by atoms with Gasteiger partial charge in [-0.3, -0.25) is 0 Å². The SMILES string of the molecule is CCOC(CN)CCNCc1sccc1CC. The number of nitrogens with two attached hydrogens (primary N) is 1. The van der Waals surface area contributed by atoms with Crippen LogP contribution < -0.4 is 11.1 Å². The van der Waals surface area contributed by atoms with E-state index in [2.05, 4.69) is 23.7 Å². The Labute approximate surface area is 108 Å². The van der Waals surface area contributed by atoms with Crippen LogP contribution in [-0.4, -0.2) is 25.8 Å². The van der Waals surface area contributed by atoms with Crippen LogP contribution in [0.5, 0.6) is 0 Å². The molecule has 1 aromatic heterocycles. The van der Waals surface area contributed by atoms with Gasteiger partial charge in [-0.15, -0.1) is 11.3 Å². The van der Waals surface area contributed by atoms with Crippen LogP contribution in [0.1, 0.15) is 30.7 Å². The lowest BCUT2D eigenvalue weighted by Crippen LogP contribution is -2.28. The molecule has 3 N–H and O–H groups in total. The predicted molar refractivity (Wildman–Crippen MR) is 74.5 cm³/mol. The third-order valence-electron chi connectivity index (χ3n) is 2.81. The maximum atomic E-state index is 5.63. The van der Waals surface area contributed by atoms with Crippen LogP contribution in [0, 0.1) is 0 Å². The van der Waals surface area contributed by atoms with Gasteiger partial charge >= 0.3 is 0 Å². The van der Waals surface area contributed by atoms with Crippen molar-refractivity contribution in [2.75, 3.05) is 19.7 Å². The molecule has 0 saturated carbocycles. The van der Waals surface area contributed by atoms with E-state index in [0.29, 0.717) is 6.54 Å². The Kier molecular flexibility index (Phi) is 7.44. The van der Waals surface area contributed by atoms with Gasteiger partial charge in [-0.05, 0) is 43.3 Å². The lowest BCUT2D eigenvalue weighted by molar-refractivity contribution is 0.0631. The molecule has 0 aliphatic rings. The fourth-order valence-corrected chi connectivity index (χ4v) is 2.75. The van der Waals surface area contributed by atoms with Crippen LogP contribution in [0.3, 0.4) is 0 Å². The first kappa shape index (κ1) is 14.6. The van der Waals surface area contributed by atoms with Gasteiger partial charge < -0.3 is 15.8 Å². The molecule has 17 heavy (non-hydrogen) atoms. The van der Waals surface area contributed by atoms with E-state index in [9.17, 15) is 0 Å². The second kappa shape index (κ2) is 8.64. The van der Waals surface area contributed by atoms with Crippen molar-refractivity contribution in [3.8, 4) is 0 Å². The molecule has 0 fully saturated rings. The summed E-state index contributed by atoms with van der Waals surface area (Å²) in [6.07, 6.45) is 2.30. The molecule has 1 heterocycles. The average Bonchev–Trinajstić information content (AvgIpc) is 2.80. The Morgan fingerprint density at radius 1 is 1.47 bits per heavy atom. The molecule has 0 bridgehead atoms. The first-order chi connectivity index (χ1) is 8.31. The maximum Gasteiger partial charge on any atom is 0.0709 e. The molecule has 98 valence electrons. The molecular formula is C13H24N2OS. The van der Waals surface area contributed by atoms with Crippen molar-refractivity contribution in [3.05, 3.63) is 21.9 Å². The summed E-state index contributed by atoms with van der Waals surface area (Å²) in [5.41, 5.74) is 7.09. The van der Waals surface area contributed by atoms with E-state index in [1.807, 2.05) is 18.3 Å². The monoisotopic (exact) mass is 256 g/mol. The van der Waals surface area contributed by atoms with Gasteiger partial charge in [-0.25, -0.2) is 0 Å². The van der Waals surface area contributed by atoms with E-state index >= 15 is 0 Å². The minimum absolute atomic E-state index is 0.196. The zero-order valence-electron chi connectivity index (χ0n) is 10.9. The Bertz CT molecular complexity index is 301. The van der Waals surface area contributed by atoms with Crippen LogP contribution in [0.15, 0.2) is 11.4 Å².